The van der Waals surface area contributed by atoms with Crippen molar-refractivity contribution >= 4 is 22.4 Å². The van der Waals surface area contributed by atoms with E-state index >= 15 is 0 Å². The van der Waals surface area contributed by atoms with Crippen LogP contribution < -0.4 is 11.1 Å². The van der Waals surface area contributed by atoms with Crippen molar-refractivity contribution in [3.05, 3.63) is 35.1 Å². The predicted octanol–water partition coefficient (Wildman–Crippen LogP) is 1.47. The van der Waals surface area contributed by atoms with Crippen LogP contribution in [-0.2, 0) is 24.3 Å². The molecule has 0 unspecified atom stereocenters. The molecule has 0 aliphatic rings. The molecule has 8 heteroatoms. The number of carbonyl (C=O) groups is 1. The second-order valence-corrected chi connectivity index (χ2v) is 4.90. The minimum Gasteiger partial charge on any atom is -0.375 e. The molecule has 0 fully saturated rings. The maximum absolute atomic E-state index is 13.7. The molecule has 0 aromatic carbocycles. The van der Waals surface area contributed by atoms with Gasteiger partial charge in [-0.3, -0.25) is 4.79 Å². The Morgan fingerprint density at radius 3 is 2.89 bits per heavy atom. The largest absolute Gasteiger partial charge is 0.375 e. The SMILES string of the molecule is Cn1ccc(CNC(=O)C(F)(F)c2csc(N)n2)c1. The minimum atomic E-state index is -3.68. The first-order valence-electron chi connectivity index (χ1n) is 5.38. The summed E-state index contributed by atoms with van der Waals surface area (Å²) >= 11 is 0.870. The molecule has 102 valence electrons. The van der Waals surface area contributed by atoms with E-state index in [2.05, 4.69) is 10.3 Å². The number of nitrogens with two attached hydrogens (primary N) is 1. The number of anilines is 1. The molecule has 3 N–H and O–H groups in total. The van der Waals surface area contributed by atoms with Crippen molar-refractivity contribution in [2.75, 3.05) is 5.73 Å². The van der Waals surface area contributed by atoms with Gasteiger partial charge in [0.15, 0.2) is 5.13 Å². The van der Waals surface area contributed by atoms with E-state index in [1.54, 1.807) is 30.1 Å². The second-order valence-electron chi connectivity index (χ2n) is 4.01. The molecule has 0 bridgehead atoms. The Balaban J connectivity index is 2.02. The highest BCUT2D eigenvalue weighted by Crippen LogP contribution is 2.29. The van der Waals surface area contributed by atoms with Crippen LogP contribution in [0.2, 0.25) is 0 Å². The maximum Gasteiger partial charge on any atom is 0.366 e. The van der Waals surface area contributed by atoms with Crippen molar-refractivity contribution in [3.8, 4) is 0 Å². The number of amides is 1. The molecule has 5 nitrogen and oxygen atoms in total. The van der Waals surface area contributed by atoms with Gasteiger partial charge < -0.3 is 15.6 Å². The molecular weight excluding hydrogens is 274 g/mol. The van der Waals surface area contributed by atoms with Crippen LogP contribution in [0.4, 0.5) is 13.9 Å². The second kappa shape index (κ2) is 4.96. The molecule has 19 heavy (non-hydrogen) atoms. The molecule has 2 aromatic rings. The molecule has 0 aliphatic heterocycles. The first kappa shape index (κ1) is 13.5. The van der Waals surface area contributed by atoms with Gasteiger partial charge in [0.2, 0.25) is 0 Å². The normalized spacial score (nSPS) is 11.5. The number of thiazole rings is 1. The lowest BCUT2D eigenvalue weighted by Gasteiger charge is -2.13. The van der Waals surface area contributed by atoms with Gasteiger partial charge in [0, 0.05) is 31.4 Å². The van der Waals surface area contributed by atoms with Gasteiger partial charge >= 0.3 is 5.92 Å². The van der Waals surface area contributed by atoms with Crippen LogP contribution in [0.3, 0.4) is 0 Å². The van der Waals surface area contributed by atoms with Gasteiger partial charge in [-0.25, -0.2) is 4.98 Å². The lowest BCUT2D eigenvalue weighted by molar-refractivity contribution is -0.147. The quantitative estimate of drug-likeness (QED) is 0.894. The Morgan fingerprint density at radius 1 is 1.63 bits per heavy atom. The third-order valence-corrected chi connectivity index (χ3v) is 3.15. The number of carbonyl (C=O) groups excluding carboxylic acids is 1. The molecule has 1 amide bonds. The van der Waals surface area contributed by atoms with Crippen molar-refractivity contribution in [3.63, 3.8) is 0 Å². The first-order valence-corrected chi connectivity index (χ1v) is 6.26. The van der Waals surface area contributed by atoms with Crippen LogP contribution in [0.1, 0.15) is 11.3 Å². The summed E-state index contributed by atoms with van der Waals surface area (Å²) in [7, 11) is 1.80. The van der Waals surface area contributed by atoms with E-state index < -0.39 is 17.5 Å². The van der Waals surface area contributed by atoms with Gasteiger partial charge in [-0.15, -0.1) is 11.3 Å². The van der Waals surface area contributed by atoms with Crippen LogP contribution >= 0.6 is 11.3 Å². The number of hydrogen-bond acceptors (Lipinski definition) is 4. The number of nitrogens with one attached hydrogen (secondary N) is 1. The Bertz CT molecular complexity index is 593. The molecule has 2 heterocycles. The highest BCUT2D eigenvalue weighted by molar-refractivity contribution is 7.13. The van der Waals surface area contributed by atoms with Gasteiger partial charge in [-0.2, -0.15) is 8.78 Å². The summed E-state index contributed by atoms with van der Waals surface area (Å²) in [5, 5.41) is 3.27. The summed E-state index contributed by atoms with van der Waals surface area (Å²) in [6.07, 6.45) is 3.50. The van der Waals surface area contributed by atoms with E-state index in [0.717, 1.165) is 22.3 Å². The van der Waals surface area contributed by atoms with Crippen molar-refractivity contribution in [1.82, 2.24) is 14.9 Å². The summed E-state index contributed by atoms with van der Waals surface area (Å²) in [4.78, 5) is 15.0. The van der Waals surface area contributed by atoms with E-state index in [4.69, 9.17) is 5.73 Å². The molecule has 2 rings (SSSR count). The van der Waals surface area contributed by atoms with Crippen molar-refractivity contribution < 1.29 is 13.6 Å². The molecule has 0 saturated heterocycles. The predicted molar refractivity (Wildman–Crippen MR) is 67.7 cm³/mol. The third-order valence-electron chi connectivity index (χ3n) is 2.48. The summed E-state index contributed by atoms with van der Waals surface area (Å²) in [5.74, 6) is -5.07. The van der Waals surface area contributed by atoms with Crippen molar-refractivity contribution in [1.29, 1.82) is 0 Å². The minimum absolute atomic E-state index is 0.00512. The summed E-state index contributed by atoms with van der Waals surface area (Å²) in [6, 6.07) is 1.74. The Labute approximate surface area is 112 Å². The number of nitrogen functional groups attached to an aromatic ring is 1. The number of rotatable bonds is 4. The van der Waals surface area contributed by atoms with Gasteiger partial charge in [0.05, 0.1) is 0 Å². The Kier molecular flexibility index (Phi) is 3.52. The van der Waals surface area contributed by atoms with E-state index in [1.165, 1.54) is 0 Å². The lowest BCUT2D eigenvalue weighted by Crippen LogP contribution is -2.37. The molecule has 0 spiro atoms. The molecule has 0 atom stereocenters. The molecule has 2 aromatic heterocycles. The number of hydrogen-bond donors (Lipinski definition) is 2. The highest BCUT2D eigenvalue weighted by Gasteiger charge is 2.43. The smallest absolute Gasteiger partial charge is 0.366 e. The van der Waals surface area contributed by atoms with E-state index in [-0.39, 0.29) is 11.7 Å². The van der Waals surface area contributed by atoms with Crippen LogP contribution in [0.5, 0.6) is 0 Å². The van der Waals surface area contributed by atoms with Crippen molar-refractivity contribution in [2.45, 2.75) is 12.5 Å². The average Bonchev–Trinajstić information content (AvgIpc) is 2.95. The van der Waals surface area contributed by atoms with Crippen LogP contribution in [0.15, 0.2) is 23.8 Å². The van der Waals surface area contributed by atoms with E-state index in [0.29, 0.717) is 0 Å². The Morgan fingerprint density at radius 2 is 2.37 bits per heavy atom. The number of aromatic nitrogens is 2. The topological polar surface area (TPSA) is 72.9 Å². The number of aryl methyl sites for hydroxylation is 1. The standard InChI is InChI=1S/C11H12F2N4OS/c1-17-3-2-7(5-17)4-15-9(18)11(12,13)8-6-19-10(14)16-8/h2-3,5-6H,4H2,1H3,(H2,14,16)(H,15,18). The lowest BCUT2D eigenvalue weighted by atomic mass is 10.2. The molecule has 0 saturated carbocycles. The zero-order valence-corrected chi connectivity index (χ0v) is 10.9. The Hall–Kier alpha value is -1.96. The highest BCUT2D eigenvalue weighted by atomic mass is 32.1. The molecule has 0 aliphatic carbocycles. The summed E-state index contributed by atoms with van der Waals surface area (Å²) in [5.41, 5.74) is 5.40. The maximum atomic E-state index is 13.7. The zero-order valence-electron chi connectivity index (χ0n) is 10.1. The fraction of sp³-hybridized carbons (Fsp3) is 0.273. The summed E-state index contributed by atoms with van der Waals surface area (Å²) in [6.45, 7) is 0.0366. The zero-order chi connectivity index (χ0) is 14.0. The monoisotopic (exact) mass is 286 g/mol. The summed E-state index contributed by atoms with van der Waals surface area (Å²) < 4.78 is 29.2. The first-order chi connectivity index (χ1) is 8.89. The van der Waals surface area contributed by atoms with Crippen molar-refractivity contribution in [2.24, 2.45) is 7.05 Å². The van der Waals surface area contributed by atoms with Crippen LogP contribution in [-0.4, -0.2) is 15.5 Å². The van der Waals surface area contributed by atoms with Gasteiger partial charge in [-0.1, -0.05) is 0 Å². The van der Waals surface area contributed by atoms with E-state index in [1.807, 2.05) is 0 Å². The number of nitrogens with zero attached hydrogens (tertiary/aromatic N) is 2. The van der Waals surface area contributed by atoms with Crippen LogP contribution in [0.25, 0.3) is 0 Å². The fourth-order valence-electron chi connectivity index (χ4n) is 1.51. The number of alkyl halides is 2. The molecule has 0 radical (unpaired) electrons. The average molecular weight is 286 g/mol. The molecular formula is C11H12F2N4OS. The van der Waals surface area contributed by atoms with Gasteiger partial charge in [-0.05, 0) is 11.6 Å². The van der Waals surface area contributed by atoms with Crippen LogP contribution in [0, 0.1) is 0 Å². The van der Waals surface area contributed by atoms with Gasteiger partial charge in [0.1, 0.15) is 5.69 Å². The number of halogens is 2. The fourth-order valence-corrected chi connectivity index (χ4v) is 2.09. The third kappa shape index (κ3) is 2.90. The van der Waals surface area contributed by atoms with E-state index in [9.17, 15) is 13.6 Å². The van der Waals surface area contributed by atoms with Gasteiger partial charge in [0.25, 0.3) is 5.91 Å².